The van der Waals surface area contributed by atoms with Gasteiger partial charge in [0.2, 0.25) is 5.91 Å². The van der Waals surface area contributed by atoms with Crippen LogP contribution in [0.2, 0.25) is 0 Å². The molecule has 0 bridgehead atoms. The van der Waals surface area contributed by atoms with Crippen LogP contribution in [0.5, 0.6) is 11.5 Å². The van der Waals surface area contributed by atoms with Crippen LogP contribution in [0.15, 0.2) is 18.2 Å². The molecule has 144 valence electrons. The van der Waals surface area contributed by atoms with E-state index in [1.54, 1.807) is 26.0 Å². The number of ether oxygens (including phenoxy) is 3. The number of hydrogen-bond acceptors (Lipinski definition) is 5. The molecule has 1 saturated heterocycles. The van der Waals surface area contributed by atoms with Gasteiger partial charge in [0.1, 0.15) is 0 Å². The van der Waals surface area contributed by atoms with Gasteiger partial charge in [0.15, 0.2) is 11.5 Å². The van der Waals surface area contributed by atoms with Gasteiger partial charge in [-0.3, -0.25) is 4.79 Å². The number of carbonyl (C=O) groups excluding carboxylic acids is 2. The van der Waals surface area contributed by atoms with Crippen LogP contribution in [0.3, 0.4) is 0 Å². The lowest BCUT2D eigenvalue weighted by atomic mass is 10.1. The van der Waals surface area contributed by atoms with Gasteiger partial charge >= 0.3 is 6.09 Å². The largest absolute Gasteiger partial charge is 0.493 e. The maximum Gasteiger partial charge on any atom is 0.409 e. The van der Waals surface area contributed by atoms with Gasteiger partial charge in [0, 0.05) is 32.6 Å². The minimum atomic E-state index is -0.299. The second-order valence-corrected chi connectivity index (χ2v) is 6.11. The summed E-state index contributed by atoms with van der Waals surface area (Å²) in [5.41, 5.74) is 1.03. The Morgan fingerprint density at radius 1 is 1.00 bits per heavy atom. The zero-order valence-electron chi connectivity index (χ0n) is 15.8. The maximum atomic E-state index is 12.5. The number of rotatable bonds is 6. The molecule has 0 saturated carbocycles. The van der Waals surface area contributed by atoms with E-state index in [1.807, 2.05) is 23.1 Å². The Bertz CT molecular complexity index is 620. The van der Waals surface area contributed by atoms with Gasteiger partial charge in [-0.15, -0.1) is 0 Å². The molecule has 2 rings (SSSR count). The van der Waals surface area contributed by atoms with Gasteiger partial charge in [-0.2, -0.15) is 0 Å². The van der Waals surface area contributed by atoms with E-state index in [-0.39, 0.29) is 12.0 Å². The van der Waals surface area contributed by atoms with Crippen LogP contribution in [0.25, 0.3) is 0 Å². The molecule has 1 aromatic carbocycles. The Morgan fingerprint density at radius 3 is 2.38 bits per heavy atom. The molecule has 26 heavy (non-hydrogen) atoms. The molecular weight excluding hydrogens is 336 g/mol. The molecule has 7 nitrogen and oxygen atoms in total. The third-order valence-corrected chi connectivity index (χ3v) is 4.45. The van der Waals surface area contributed by atoms with Crippen LogP contribution in [-0.4, -0.2) is 68.8 Å². The number of methoxy groups -OCH3 is 2. The predicted octanol–water partition coefficient (Wildman–Crippen LogP) is 2.33. The number of carbonyl (C=O) groups is 2. The fourth-order valence-electron chi connectivity index (χ4n) is 3.01. The quantitative estimate of drug-likeness (QED) is 0.775. The first-order valence-electron chi connectivity index (χ1n) is 8.99. The standard InChI is InChI=1S/C19H28N2O5/c1-4-26-19(23)21-11-5-10-20(12-13-21)18(22)9-7-15-6-8-16(24-2)17(14-15)25-3/h6,8,14H,4-5,7,9-13H2,1-3H3. The van der Waals surface area contributed by atoms with E-state index >= 15 is 0 Å². The molecule has 2 amide bonds. The molecule has 0 aliphatic carbocycles. The van der Waals surface area contributed by atoms with E-state index in [2.05, 4.69) is 0 Å². The van der Waals surface area contributed by atoms with Gasteiger partial charge in [-0.25, -0.2) is 4.79 Å². The van der Waals surface area contributed by atoms with Crippen LogP contribution < -0.4 is 9.47 Å². The van der Waals surface area contributed by atoms with Crippen molar-refractivity contribution >= 4 is 12.0 Å². The maximum absolute atomic E-state index is 12.5. The lowest BCUT2D eigenvalue weighted by Gasteiger charge is -2.21. The summed E-state index contributed by atoms with van der Waals surface area (Å²) in [6.45, 7) is 4.51. The molecule has 0 radical (unpaired) electrons. The van der Waals surface area contributed by atoms with Crippen molar-refractivity contribution in [2.24, 2.45) is 0 Å². The number of nitrogens with zero attached hydrogens (tertiary/aromatic N) is 2. The van der Waals surface area contributed by atoms with Crippen molar-refractivity contribution in [3.63, 3.8) is 0 Å². The Hall–Kier alpha value is -2.44. The van der Waals surface area contributed by atoms with Gasteiger partial charge in [-0.1, -0.05) is 6.07 Å². The van der Waals surface area contributed by atoms with Crippen LogP contribution in [0.1, 0.15) is 25.3 Å². The second kappa shape index (κ2) is 9.89. The predicted molar refractivity (Wildman–Crippen MR) is 97.7 cm³/mol. The molecule has 7 heteroatoms. The van der Waals surface area contributed by atoms with E-state index in [4.69, 9.17) is 14.2 Å². The molecule has 1 aliphatic heterocycles. The number of aryl methyl sites for hydroxylation is 1. The molecule has 1 heterocycles. The highest BCUT2D eigenvalue weighted by Crippen LogP contribution is 2.28. The first kappa shape index (κ1) is 19.9. The third-order valence-electron chi connectivity index (χ3n) is 4.45. The van der Waals surface area contributed by atoms with Crippen molar-refractivity contribution in [2.75, 3.05) is 47.0 Å². The minimum absolute atomic E-state index is 0.102. The lowest BCUT2D eigenvalue weighted by Crippen LogP contribution is -2.37. The molecule has 1 aliphatic rings. The highest BCUT2D eigenvalue weighted by atomic mass is 16.6. The zero-order chi connectivity index (χ0) is 18.9. The Labute approximate surface area is 154 Å². The summed E-state index contributed by atoms with van der Waals surface area (Å²) < 4.78 is 15.6. The van der Waals surface area contributed by atoms with Crippen LogP contribution in [0, 0.1) is 0 Å². The summed E-state index contributed by atoms with van der Waals surface area (Å²) in [5.74, 6) is 1.44. The lowest BCUT2D eigenvalue weighted by molar-refractivity contribution is -0.131. The topological polar surface area (TPSA) is 68.3 Å². The monoisotopic (exact) mass is 364 g/mol. The van der Waals surface area contributed by atoms with Crippen molar-refractivity contribution in [1.82, 2.24) is 9.80 Å². The van der Waals surface area contributed by atoms with Crippen LogP contribution >= 0.6 is 0 Å². The molecule has 0 spiro atoms. The van der Waals surface area contributed by atoms with E-state index in [9.17, 15) is 9.59 Å². The molecule has 1 aromatic rings. The van der Waals surface area contributed by atoms with Crippen molar-refractivity contribution in [1.29, 1.82) is 0 Å². The van der Waals surface area contributed by atoms with Crippen molar-refractivity contribution in [2.45, 2.75) is 26.2 Å². The first-order valence-corrected chi connectivity index (χ1v) is 8.99. The van der Waals surface area contributed by atoms with Crippen LogP contribution in [0.4, 0.5) is 4.79 Å². The summed E-state index contributed by atoms with van der Waals surface area (Å²) in [7, 11) is 3.19. The normalized spacial score (nSPS) is 14.6. The van der Waals surface area contributed by atoms with Crippen molar-refractivity contribution in [3.05, 3.63) is 23.8 Å². The molecule has 0 N–H and O–H groups in total. The van der Waals surface area contributed by atoms with E-state index in [1.165, 1.54) is 0 Å². The van der Waals surface area contributed by atoms with Gasteiger partial charge in [-0.05, 0) is 37.5 Å². The SMILES string of the molecule is CCOC(=O)N1CCCN(C(=O)CCc2ccc(OC)c(OC)c2)CC1. The molecular formula is C19H28N2O5. The smallest absolute Gasteiger partial charge is 0.409 e. The van der Waals surface area contributed by atoms with Crippen molar-refractivity contribution < 1.29 is 23.8 Å². The number of amides is 2. The van der Waals surface area contributed by atoms with Crippen molar-refractivity contribution in [3.8, 4) is 11.5 Å². The van der Waals surface area contributed by atoms with E-state index in [0.717, 1.165) is 12.0 Å². The van der Waals surface area contributed by atoms with Gasteiger partial charge in [0.05, 0.1) is 20.8 Å². The summed E-state index contributed by atoms with van der Waals surface area (Å²) >= 11 is 0. The van der Waals surface area contributed by atoms with Gasteiger partial charge in [0.25, 0.3) is 0 Å². The summed E-state index contributed by atoms with van der Waals surface area (Å²) in [4.78, 5) is 27.9. The highest BCUT2D eigenvalue weighted by molar-refractivity contribution is 5.76. The summed E-state index contributed by atoms with van der Waals surface area (Å²) in [5, 5.41) is 0. The van der Waals surface area contributed by atoms with Gasteiger partial charge < -0.3 is 24.0 Å². The highest BCUT2D eigenvalue weighted by Gasteiger charge is 2.22. The average Bonchev–Trinajstić information content (AvgIpc) is 2.92. The molecule has 0 atom stereocenters. The Kier molecular flexibility index (Phi) is 7.56. The summed E-state index contributed by atoms with van der Waals surface area (Å²) in [6, 6.07) is 5.69. The molecule has 0 unspecified atom stereocenters. The second-order valence-electron chi connectivity index (χ2n) is 6.11. The Balaban J connectivity index is 1.87. The first-order chi connectivity index (χ1) is 12.6. The van der Waals surface area contributed by atoms with E-state index in [0.29, 0.717) is 57.1 Å². The van der Waals surface area contributed by atoms with E-state index < -0.39 is 0 Å². The fraction of sp³-hybridized carbons (Fsp3) is 0.579. The summed E-state index contributed by atoms with van der Waals surface area (Å²) in [6.07, 6.45) is 1.53. The number of hydrogen-bond donors (Lipinski definition) is 0. The number of benzene rings is 1. The third kappa shape index (κ3) is 5.28. The average molecular weight is 364 g/mol. The Morgan fingerprint density at radius 2 is 1.69 bits per heavy atom. The fourth-order valence-corrected chi connectivity index (χ4v) is 3.01. The molecule has 0 aromatic heterocycles. The molecule has 1 fully saturated rings. The zero-order valence-corrected chi connectivity index (χ0v) is 15.8. The van der Waals surface area contributed by atoms with Crippen LogP contribution in [-0.2, 0) is 16.0 Å². The minimum Gasteiger partial charge on any atom is -0.493 e.